The highest BCUT2D eigenvalue weighted by Crippen LogP contribution is 2.09. The Balaban J connectivity index is 3.98. The van der Waals surface area contributed by atoms with Crippen LogP contribution in [-0.2, 0) is 0 Å². The highest BCUT2D eigenvalue weighted by atomic mass is 79.9. The Morgan fingerprint density at radius 3 is 2.00 bits per heavy atom. The first-order chi connectivity index (χ1) is 3.18. The molecule has 0 bridgehead atoms. The molecule has 0 fully saturated rings. The van der Waals surface area contributed by atoms with Crippen molar-refractivity contribution >= 4 is 15.9 Å². The first-order valence-corrected chi connectivity index (χ1v) is 2.93. The zero-order valence-electron chi connectivity index (χ0n) is 4.66. The normalized spacial score (nSPS) is 13.0. The summed E-state index contributed by atoms with van der Waals surface area (Å²) in [6.45, 7) is 7.60. The minimum absolute atomic E-state index is 1.16. The molecule has 0 aromatic heterocycles. The fourth-order valence-electron chi connectivity index (χ4n) is 0.141. The van der Waals surface area contributed by atoms with Crippen LogP contribution < -0.4 is 0 Å². The van der Waals surface area contributed by atoms with Gasteiger partial charge in [-0.3, -0.25) is 0 Å². The Labute approximate surface area is 53.1 Å². The van der Waals surface area contributed by atoms with Gasteiger partial charge in [-0.2, -0.15) is 0 Å². The quantitative estimate of drug-likeness (QED) is 0.518. The van der Waals surface area contributed by atoms with Gasteiger partial charge in [0.05, 0.1) is 0 Å². The summed E-state index contributed by atoms with van der Waals surface area (Å²) in [6, 6.07) is 0. The number of hydrogen-bond donors (Lipinski definition) is 0. The summed E-state index contributed by atoms with van der Waals surface area (Å²) in [5.74, 6) is 0. The topological polar surface area (TPSA) is 0 Å². The number of halogens is 1. The summed E-state index contributed by atoms with van der Waals surface area (Å²) < 4.78 is 1.16. The Bertz CT molecular complexity index is 96.7. The predicted molar refractivity (Wildman–Crippen MR) is 37.5 cm³/mol. The minimum atomic E-state index is 1.16. The van der Waals surface area contributed by atoms with Crippen molar-refractivity contribution in [2.45, 2.75) is 13.8 Å². The summed E-state index contributed by atoms with van der Waals surface area (Å²) in [7, 11) is 0. The molecule has 0 N–H and O–H groups in total. The highest BCUT2D eigenvalue weighted by molar-refractivity contribution is 9.11. The molecule has 0 aliphatic rings. The summed E-state index contributed by atoms with van der Waals surface area (Å²) in [4.78, 5) is 0. The second kappa shape index (κ2) is 3.03. The Morgan fingerprint density at radius 2 is 2.00 bits per heavy atom. The second-order valence-electron chi connectivity index (χ2n) is 1.42. The molecular weight excluding hydrogens is 152 g/mol. The van der Waals surface area contributed by atoms with E-state index in [0.717, 1.165) is 4.48 Å². The molecule has 0 rings (SSSR count). The van der Waals surface area contributed by atoms with Gasteiger partial charge < -0.3 is 0 Å². The third kappa shape index (κ3) is 2.63. The lowest BCUT2D eigenvalue weighted by atomic mass is 10.3. The van der Waals surface area contributed by atoms with E-state index in [0.29, 0.717) is 0 Å². The molecular formula is C6H9Br. The van der Waals surface area contributed by atoms with Gasteiger partial charge in [-0.05, 0) is 23.9 Å². The van der Waals surface area contributed by atoms with Gasteiger partial charge in [0.2, 0.25) is 0 Å². The summed E-state index contributed by atoms with van der Waals surface area (Å²) in [6.07, 6.45) is 1.82. The lowest BCUT2D eigenvalue weighted by molar-refractivity contribution is 1.47. The van der Waals surface area contributed by atoms with Crippen LogP contribution in [0.3, 0.4) is 0 Å². The monoisotopic (exact) mass is 160 g/mol. The summed E-state index contributed by atoms with van der Waals surface area (Å²) >= 11 is 3.31. The van der Waals surface area contributed by atoms with Crippen molar-refractivity contribution in [2.75, 3.05) is 0 Å². The Kier molecular flexibility index (Phi) is 3.01. The van der Waals surface area contributed by atoms with E-state index in [9.17, 15) is 0 Å². The van der Waals surface area contributed by atoms with Gasteiger partial charge in [0.25, 0.3) is 0 Å². The average molecular weight is 161 g/mol. The highest BCUT2D eigenvalue weighted by Gasteiger charge is 1.81. The molecule has 0 aliphatic heterocycles. The maximum Gasteiger partial charge on any atom is -0.00514 e. The fraction of sp³-hybridized carbons (Fsp3) is 0.333. The van der Waals surface area contributed by atoms with E-state index in [2.05, 4.69) is 22.5 Å². The molecule has 0 aliphatic carbocycles. The number of hydrogen-bond acceptors (Lipinski definition) is 0. The molecule has 0 aromatic carbocycles. The third-order valence-corrected chi connectivity index (χ3v) is 1.47. The fourth-order valence-corrected chi connectivity index (χ4v) is 0.303. The maximum atomic E-state index is 3.59. The first kappa shape index (κ1) is 6.96. The Hall–Kier alpha value is -0.0400. The molecule has 0 aromatic rings. The van der Waals surface area contributed by atoms with E-state index >= 15 is 0 Å². The van der Waals surface area contributed by atoms with Crippen LogP contribution in [0.15, 0.2) is 22.7 Å². The van der Waals surface area contributed by atoms with Crippen LogP contribution in [0.2, 0.25) is 0 Å². The average Bonchev–Trinajstić information content (AvgIpc) is 1.65. The van der Waals surface area contributed by atoms with Crippen molar-refractivity contribution in [1.82, 2.24) is 0 Å². The van der Waals surface area contributed by atoms with Gasteiger partial charge in [0, 0.05) is 0 Å². The summed E-state index contributed by atoms with van der Waals surface area (Å²) in [5, 5.41) is 0. The smallest absolute Gasteiger partial charge is 0.00514 e. The van der Waals surface area contributed by atoms with Gasteiger partial charge in [-0.15, -0.1) is 0 Å². The maximum absolute atomic E-state index is 3.59. The molecule has 40 valence electrons. The van der Waals surface area contributed by atoms with E-state index in [1.807, 2.05) is 19.9 Å². The van der Waals surface area contributed by atoms with Crippen molar-refractivity contribution in [3.8, 4) is 0 Å². The van der Waals surface area contributed by atoms with E-state index in [1.54, 1.807) is 0 Å². The molecule has 0 saturated heterocycles. The predicted octanol–water partition coefficient (Wildman–Crippen LogP) is 2.86. The van der Waals surface area contributed by atoms with Crippen LogP contribution in [0.1, 0.15) is 13.8 Å². The van der Waals surface area contributed by atoms with Crippen LogP contribution >= 0.6 is 15.9 Å². The van der Waals surface area contributed by atoms with Gasteiger partial charge in [0.1, 0.15) is 0 Å². The van der Waals surface area contributed by atoms with Crippen LogP contribution in [0.25, 0.3) is 0 Å². The molecule has 0 spiro atoms. The van der Waals surface area contributed by atoms with Crippen LogP contribution in [0.5, 0.6) is 0 Å². The van der Waals surface area contributed by atoms with Gasteiger partial charge in [-0.25, -0.2) is 0 Å². The van der Waals surface area contributed by atoms with Crippen molar-refractivity contribution in [3.05, 3.63) is 22.7 Å². The van der Waals surface area contributed by atoms with Crippen molar-refractivity contribution in [1.29, 1.82) is 0 Å². The first-order valence-electron chi connectivity index (χ1n) is 2.14. The Morgan fingerprint density at radius 1 is 1.57 bits per heavy atom. The molecule has 0 atom stereocenters. The zero-order valence-corrected chi connectivity index (χ0v) is 6.25. The molecule has 0 heterocycles. The molecule has 7 heavy (non-hydrogen) atoms. The molecule has 0 saturated carbocycles. The van der Waals surface area contributed by atoms with E-state index in [4.69, 9.17) is 0 Å². The number of rotatable bonds is 1. The van der Waals surface area contributed by atoms with Crippen molar-refractivity contribution in [2.24, 2.45) is 0 Å². The molecule has 1 heteroatoms. The largest absolute Gasteiger partial charge is 0.0988 e. The zero-order chi connectivity index (χ0) is 5.86. The summed E-state index contributed by atoms with van der Waals surface area (Å²) in [5.41, 5.74) is 1.19. The standard InChI is InChI=1S/C6H9Br/c1-4-5(2)6(3)7/h4H,1H2,2-3H3. The van der Waals surface area contributed by atoms with Gasteiger partial charge in [-0.1, -0.05) is 28.6 Å². The van der Waals surface area contributed by atoms with Gasteiger partial charge in [0.15, 0.2) is 0 Å². The van der Waals surface area contributed by atoms with Crippen molar-refractivity contribution in [3.63, 3.8) is 0 Å². The van der Waals surface area contributed by atoms with Crippen molar-refractivity contribution < 1.29 is 0 Å². The molecule has 0 unspecified atom stereocenters. The van der Waals surface area contributed by atoms with E-state index < -0.39 is 0 Å². The van der Waals surface area contributed by atoms with Crippen LogP contribution in [0, 0.1) is 0 Å². The molecule has 0 nitrogen and oxygen atoms in total. The third-order valence-electron chi connectivity index (χ3n) is 0.850. The SMILES string of the molecule is C=CC(C)=C(C)Br. The van der Waals surface area contributed by atoms with Gasteiger partial charge >= 0.3 is 0 Å². The minimum Gasteiger partial charge on any atom is -0.0988 e. The lowest BCUT2D eigenvalue weighted by Gasteiger charge is -1.88. The lowest BCUT2D eigenvalue weighted by Crippen LogP contribution is -1.65. The van der Waals surface area contributed by atoms with E-state index in [1.165, 1.54) is 5.57 Å². The van der Waals surface area contributed by atoms with Crippen LogP contribution in [0.4, 0.5) is 0 Å². The number of allylic oxidation sites excluding steroid dienone is 3. The van der Waals surface area contributed by atoms with E-state index in [-0.39, 0.29) is 0 Å². The van der Waals surface area contributed by atoms with Crippen LogP contribution in [-0.4, -0.2) is 0 Å². The second-order valence-corrected chi connectivity index (χ2v) is 2.61. The molecule has 0 amide bonds. The molecule has 0 radical (unpaired) electrons.